The third-order valence-corrected chi connectivity index (χ3v) is 4.09. The zero-order chi connectivity index (χ0) is 15.8. The Morgan fingerprint density at radius 3 is 2.19 bits per heavy atom. The molecule has 1 aromatic carbocycles. The van der Waals surface area contributed by atoms with E-state index in [0.29, 0.717) is 0 Å². The predicted molar refractivity (Wildman–Crippen MR) is 91.9 cm³/mol. The van der Waals surface area contributed by atoms with Crippen LogP contribution in [-0.4, -0.2) is 25.3 Å². The molecule has 21 heavy (non-hydrogen) atoms. The summed E-state index contributed by atoms with van der Waals surface area (Å²) in [6, 6.07) is 10.9. The van der Waals surface area contributed by atoms with Crippen molar-refractivity contribution in [3.05, 3.63) is 35.9 Å². The zero-order valence-corrected chi connectivity index (χ0v) is 14.5. The first-order valence-electron chi connectivity index (χ1n) is 8.32. The molecule has 0 spiro atoms. The molecule has 1 N–H and O–H groups in total. The molecule has 0 saturated heterocycles. The minimum absolute atomic E-state index is 0.138. The highest BCUT2D eigenvalue weighted by molar-refractivity contribution is 5.26. The molecule has 0 heterocycles. The molecule has 1 atom stereocenters. The maximum atomic E-state index is 5.77. The van der Waals surface area contributed by atoms with E-state index in [2.05, 4.69) is 70.3 Å². The summed E-state index contributed by atoms with van der Waals surface area (Å²) in [5, 5.41) is 3.70. The highest BCUT2D eigenvalue weighted by atomic mass is 16.5. The van der Waals surface area contributed by atoms with Crippen LogP contribution in [0.1, 0.15) is 59.4 Å². The monoisotopic (exact) mass is 291 g/mol. The maximum Gasteiger partial charge on any atom is 0.0475 e. The fraction of sp³-hybridized carbons (Fsp3) is 0.684. The lowest BCUT2D eigenvalue weighted by Crippen LogP contribution is -2.46. The van der Waals surface area contributed by atoms with Crippen LogP contribution < -0.4 is 5.32 Å². The zero-order valence-electron chi connectivity index (χ0n) is 14.5. The van der Waals surface area contributed by atoms with Gasteiger partial charge in [0.1, 0.15) is 0 Å². The molecule has 0 aliphatic rings. The van der Waals surface area contributed by atoms with Crippen LogP contribution in [0.15, 0.2) is 30.3 Å². The van der Waals surface area contributed by atoms with Gasteiger partial charge < -0.3 is 10.1 Å². The van der Waals surface area contributed by atoms with Gasteiger partial charge in [0.05, 0.1) is 0 Å². The number of benzene rings is 1. The molecule has 0 radical (unpaired) electrons. The summed E-state index contributed by atoms with van der Waals surface area (Å²) in [5.74, 6) is 0. The number of ether oxygens (including phenoxy) is 1. The van der Waals surface area contributed by atoms with Crippen molar-refractivity contribution in [2.75, 3.05) is 19.8 Å². The van der Waals surface area contributed by atoms with Crippen LogP contribution in [0.4, 0.5) is 0 Å². The van der Waals surface area contributed by atoms with Gasteiger partial charge in [0.15, 0.2) is 0 Å². The van der Waals surface area contributed by atoms with Gasteiger partial charge in [-0.05, 0) is 45.6 Å². The highest BCUT2D eigenvalue weighted by Crippen LogP contribution is 2.32. The fourth-order valence-electron chi connectivity index (χ4n) is 2.58. The molecule has 1 aromatic rings. The third kappa shape index (κ3) is 6.19. The van der Waals surface area contributed by atoms with E-state index in [1.165, 1.54) is 5.56 Å². The van der Waals surface area contributed by atoms with Crippen LogP contribution >= 0.6 is 0 Å². The smallest absolute Gasteiger partial charge is 0.0475 e. The topological polar surface area (TPSA) is 21.3 Å². The Morgan fingerprint density at radius 1 is 1.00 bits per heavy atom. The molecule has 0 amide bonds. The van der Waals surface area contributed by atoms with Crippen LogP contribution in [0.2, 0.25) is 0 Å². The molecule has 0 bridgehead atoms. The number of nitrogens with one attached hydrogen (secondary N) is 1. The van der Waals surface area contributed by atoms with Crippen molar-refractivity contribution >= 4 is 0 Å². The molecule has 2 nitrogen and oxygen atoms in total. The molecule has 0 aliphatic carbocycles. The summed E-state index contributed by atoms with van der Waals surface area (Å²) in [4.78, 5) is 0. The molecular weight excluding hydrogens is 258 g/mol. The van der Waals surface area contributed by atoms with E-state index in [1.807, 2.05) is 0 Å². The average Bonchev–Trinajstić information content (AvgIpc) is 2.47. The Morgan fingerprint density at radius 2 is 1.67 bits per heavy atom. The minimum atomic E-state index is 0.138. The van der Waals surface area contributed by atoms with Crippen molar-refractivity contribution in [3.63, 3.8) is 0 Å². The standard InChI is InChI=1S/C19H33NO/c1-6-14-21-15-13-19(7-2,16-20-18(3,4)5)17-11-9-8-10-12-17/h8-12,20H,6-7,13-16H2,1-5H3. The van der Waals surface area contributed by atoms with E-state index in [4.69, 9.17) is 4.74 Å². The first kappa shape index (κ1) is 18.2. The Balaban J connectivity index is 2.85. The van der Waals surface area contributed by atoms with Gasteiger partial charge in [-0.2, -0.15) is 0 Å². The molecule has 1 rings (SSSR count). The quantitative estimate of drug-likeness (QED) is 0.674. The summed E-state index contributed by atoms with van der Waals surface area (Å²) in [5.41, 5.74) is 1.71. The van der Waals surface area contributed by atoms with Gasteiger partial charge in [-0.1, -0.05) is 44.2 Å². The second-order valence-corrected chi connectivity index (χ2v) is 6.97. The van der Waals surface area contributed by atoms with Crippen molar-refractivity contribution in [1.82, 2.24) is 5.32 Å². The summed E-state index contributed by atoms with van der Waals surface area (Å²) in [7, 11) is 0. The Labute approximate surface area is 131 Å². The fourth-order valence-corrected chi connectivity index (χ4v) is 2.58. The Hall–Kier alpha value is -0.860. The van der Waals surface area contributed by atoms with E-state index in [-0.39, 0.29) is 11.0 Å². The maximum absolute atomic E-state index is 5.77. The lowest BCUT2D eigenvalue weighted by molar-refractivity contribution is 0.110. The van der Waals surface area contributed by atoms with E-state index in [1.54, 1.807) is 0 Å². The van der Waals surface area contributed by atoms with Gasteiger partial charge in [0, 0.05) is 30.7 Å². The van der Waals surface area contributed by atoms with E-state index in [0.717, 1.165) is 39.0 Å². The molecule has 0 saturated carbocycles. The Kier molecular flexibility index (Phi) is 7.41. The van der Waals surface area contributed by atoms with Crippen LogP contribution in [-0.2, 0) is 10.2 Å². The van der Waals surface area contributed by atoms with Crippen LogP contribution in [0, 0.1) is 0 Å². The third-order valence-electron chi connectivity index (χ3n) is 4.09. The van der Waals surface area contributed by atoms with Crippen molar-refractivity contribution < 1.29 is 4.74 Å². The SMILES string of the molecule is CCCOCCC(CC)(CNC(C)(C)C)c1ccccc1. The summed E-state index contributed by atoms with van der Waals surface area (Å²) in [6.45, 7) is 13.8. The van der Waals surface area contributed by atoms with Gasteiger partial charge in [0.25, 0.3) is 0 Å². The van der Waals surface area contributed by atoms with Gasteiger partial charge in [0.2, 0.25) is 0 Å². The first-order chi connectivity index (χ1) is 9.93. The van der Waals surface area contributed by atoms with E-state index < -0.39 is 0 Å². The summed E-state index contributed by atoms with van der Waals surface area (Å²) in [6.07, 6.45) is 3.27. The van der Waals surface area contributed by atoms with Crippen molar-refractivity contribution in [3.8, 4) is 0 Å². The van der Waals surface area contributed by atoms with E-state index in [9.17, 15) is 0 Å². The van der Waals surface area contributed by atoms with Crippen molar-refractivity contribution in [2.24, 2.45) is 0 Å². The normalized spacial score (nSPS) is 14.9. The van der Waals surface area contributed by atoms with Gasteiger partial charge in [-0.25, -0.2) is 0 Å². The number of hydrogen-bond acceptors (Lipinski definition) is 2. The van der Waals surface area contributed by atoms with Crippen molar-refractivity contribution in [2.45, 2.75) is 64.8 Å². The van der Waals surface area contributed by atoms with Gasteiger partial charge in [-0.3, -0.25) is 0 Å². The molecule has 0 aromatic heterocycles. The van der Waals surface area contributed by atoms with Crippen LogP contribution in [0.3, 0.4) is 0 Å². The molecule has 0 fully saturated rings. The lowest BCUT2D eigenvalue weighted by Gasteiger charge is -2.37. The molecule has 120 valence electrons. The predicted octanol–water partition coefficient (Wildman–Crippen LogP) is 4.54. The van der Waals surface area contributed by atoms with Crippen molar-refractivity contribution in [1.29, 1.82) is 0 Å². The minimum Gasteiger partial charge on any atom is -0.381 e. The van der Waals surface area contributed by atoms with Crippen LogP contribution in [0.5, 0.6) is 0 Å². The van der Waals surface area contributed by atoms with Gasteiger partial charge in [-0.15, -0.1) is 0 Å². The number of hydrogen-bond donors (Lipinski definition) is 1. The summed E-state index contributed by atoms with van der Waals surface area (Å²) >= 11 is 0. The molecular formula is C19H33NO. The summed E-state index contributed by atoms with van der Waals surface area (Å²) < 4.78 is 5.77. The second-order valence-electron chi connectivity index (χ2n) is 6.97. The molecule has 0 aliphatic heterocycles. The second kappa shape index (κ2) is 8.55. The largest absolute Gasteiger partial charge is 0.381 e. The number of rotatable bonds is 9. The van der Waals surface area contributed by atoms with Crippen LogP contribution in [0.25, 0.3) is 0 Å². The van der Waals surface area contributed by atoms with Gasteiger partial charge >= 0.3 is 0 Å². The first-order valence-corrected chi connectivity index (χ1v) is 8.32. The average molecular weight is 291 g/mol. The molecule has 2 heteroatoms. The van der Waals surface area contributed by atoms with E-state index >= 15 is 0 Å². The lowest BCUT2D eigenvalue weighted by atomic mass is 9.75. The Bertz CT molecular complexity index is 382. The molecule has 1 unspecified atom stereocenters. The highest BCUT2D eigenvalue weighted by Gasteiger charge is 2.31.